The molecule has 0 bridgehead atoms. The molecule has 1 aliphatic heterocycles. The maximum atomic E-state index is 10.5. The highest BCUT2D eigenvalue weighted by Crippen LogP contribution is 2.41. The van der Waals surface area contributed by atoms with Crippen molar-refractivity contribution in [3.63, 3.8) is 0 Å². The summed E-state index contributed by atoms with van der Waals surface area (Å²) < 4.78 is 0. The van der Waals surface area contributed by atoms with Gasteiger partial charge in [-0.2, -0.15) is 0 Å². The molecule has 3 nitrogen and oxygen atoms in total. The zero-order valence-corrected chi connectivity index (χ0v) is 16.8. The Morgan fingerprint density at radius 1 is 1.04 bits per heavy atom. The van der Waals surface area contributed by atoms with E-state index in [1.807, 2.05) is 0 Å². The van der Waals surface area contributed by atoms with E-state index in [2.05, 4.69) is 29.8 Å². The first-order valence-corrected chi connectivity index (χ1v) is 10.9. The summed E-state index contributed by atoms with van der Waals surface area (Å²) in [5.41, 5.74) is 1.33. The molecule has 0 spiro atoms. The van der Waals surface area contributed by atoms with Gasteiger partial charge in [-0.05, 0) is 62.2 Å². The highest BCUT2D eigenvalue weighted by Gasteiger charge is 2.40. The second-order valence-corrected chi connectivity index (χ2v) is 9.70. The summed E-state index contributed by atoms with van der Waals surface area (Å²) in [6.45, 7) is 4.54. The molecule has 24 heavy (non-hydrogen) atoms. The van der Waals surface area contributed by atoms with Crippen molar-refractivity contribution in [1.82, 2.24) is 0 Å². The van der Waals surface area contributed by atoms with Crippen molar-refractivity contribution >= 4 is 21.6 Å². The Kier molecular flexibility index (Phi) is 6.42. The standard InChI is InChI=1S/C20H34BrNO2/c1-12-10-18(24)19(21)13(2)16(12)11-15-8-9-17(23)20(22-15)14-6-4-3-5-7-14/h12-14,16-20,23-24H,3-11H2,1-2H3/t12?,13?,16?,17-,18?,19?,20?/m1/s1. The Labute approximate surface area is 155 Å². The van der Waals surface area contributed by atoms with Gasteiger partial charge in [-0.15, -0.1) is 0 Å². The van der Waals surface area contributed by atoms with Crippen molar-refractivity contribution < 1.29 is 10.2 Å². The van der Waals surface area contributed by atoms with Crippen LogP contribution in [0.15, 0.2) is 4.99 Å². The van der Waals surface area contributed by atoms with Crippen LogP contribution < -0.4 is 0 Å². The monoisotopic (exact) mass is 399 g/mol. The second kappa shape index (κ2) is 8.18. The molecule has 2 N–H and O–H groups in total. The molecular formula is C20H34BrNO2. The number of rotatable bonds is 3. The average molecular weight is 400 g/mol. The molecule has 0 saturated heterocycles. The summed E-state index contributed by atoms with van der Waals surface area (Å²) in [5.74, 6) is 2.17. The smallest absolute Gasteiger partial charge is 0.0786 e. The number of hydrogen-bond donors (Lipinski definition) is 2. The maximum Gasteiger partial charge on any atom is 0.0786 e. The fourth-order valence-corrected chi connectivity index (χ4v) is 5.95. The summed E-state index contributed by atoms with van der Waals surface area (Å²) in [6.07, 6.45) is 9.75. The van der Waals surface area contributed by atoms with E-state index in [9.17, 15) is 10.2 Å². The van der Waals surface area contributed by atoms with E-state index in [1.165, 1.54) is 37.8 Å². The predicted octanol–water partition coefficient (Wildman–Crippen LogP) is 4.34. The largest absolute Gasteiger partial charge is 0.392 e. The normalized spacial score (nSPS) is 45.0. The minimum atomic E-state index is -0.233. The van der Waals surface area contributed by atoms with Crippen molar-refractivity contribution in [3.05, 3.63) is 0 Å². The van der Waals surface area contributed by atoms with Crippen LogP contribution in [0.4, 0.5) is 0 Å². The lowest BCUT2D eigenvalue weighted by atomic mass is 9.69. The molecule has 4 heteroatoms. The van der Waals surface area contributed by atoms with Crippen LogP contribution in [0.2, 0.25) is 0 Å². The lowest BCUT2D eigenvalue weighted by molar-refractivity contribution is 0.0511. The Bertz CT molecular complexity index is 449. The highest BCUT2D eigenvalue weighted by molar-refractivity contribution is 9.09. The Balaban J connectivity index is 1.69. The van der Waals surface area contributed by atoms with Crippen molar-refractivity contribution in [2.75, 3.05) is 0 Å². The first-order chi connectivity index (χ1) is 11.5. The number of aliphatic imine (C=N–C) groups is 1. The number of aliphatic hydroxyl groups excluding tert-OH is 2. The molecule has 3 aliphatic rings. The molecule has 0 radical (unpaired) electrons. The molecule has 0 aromatic rings. The highest BCUT2D eigenvalue weighted by atomic mass is 79.9. The first kappa shape index (κ1) is 18.8. The molecule has 1 heterocycles. The van der Waals surface area contributed by atoms with Gasteiger partial charge in [0, 0.05) is 10.5 Å². The predicted molar refractivity (Wildman–Crippen MR) is 103 cm³/mol. The Morgan fingerprint density at radius 2 is 1.75 bits per heavy atom. The van der Waals surface area contributed by atoms with Gasteiger partial charge in [0.2, 0.25) is 0 Å². The molecule has 2 saturated carbocycles. The van der Waals surface area contributed by atoms with Gasteiger partial charge < -0.3 is 10.2 Å². The number of alkyl halides is 1. The van der Waals surface area contributed by atoms with Crippen LogP contribution in [0.5, 0.6) is 0 Å². The fraction of sp³-hybridized carbons (Fsp3) is 0.950. The summed E-state index contributed by atoms with van der Waals surface area (Å²) in [7, 11) is 0. The van der Waals surface area contributed by atoms with Crippen molar-refractivity contribution in [2.24, 2.45) is 28.7 Å². The molecule has 2 fully saturated rings. The minimum Gasteiger partial charge on any atom is -0.392 e. The van der Waals surface area contributed by atoms with Gasteiger partial charge in [-0.1, -0.05) is 49.0 Å². The van der Waals surface area contributed by atoms with Gasteiger partial charge in [-0.3, -0.25) is 4.99 Å². The Morgan fingerprint density at radius 3 is 2.46 bits per heavy atom. The van der Waals surface area contributed by atoms with Gasteiger partial charge in [0.1, 0.15) is 0 Å². The number of nitrogens with zero attached hydrogens (tertiary/aromatic N) is 1. The third-order valence-electron chi connectivity index (χ3n) is 6.95. The summed E-state index contributed by atoms with van der Waals surface area (Å²) >= 11 is 3.71. The van der Waals surface area contributed by atoms with E-state index >= 15 is 0 Å². The van der Waals surface area contributed by atoms with Crippen molar-refractivity contribution in [3.8, 4) is 0 Å². The summed E-state index contributed by atoms with van der Waals surface area (Å²) in [4.78, 5) is 5.28. The van der Waals surface area contributed by atoms with Gasteiger partial charge >= 0.3 is 0 Å². The van der Waals surface area contributed by atoms with Gasteiger partial charge in [0.15, 0.2) is 0 Å². The van der Waals surface area contributed by atoms with E-state index in [0.29, 0.717) is 23.7 Å². The van der Waals surface area contributed by atoms with Crippen LogP contribution in [-0.4, -0.2) is 39.0 Å². The molecular weight excluding hydrogens is 366 g/mol. The van der Waals surface area contributed by atoms with E-state index in [0.717, 1.165) is 25.7 Å². The van der Waals surface area contributed by atoms with Crippen LogP contribution in [0, 0.1) is 23.7 Å². The SMILES string of the molecule is CC1CC(O)C(Br)C(C)C1CC1=NC(C2CCCCC2)[C@H](O)CC1. The molecule has 6 unspecified atom stereocenters. The fourth-order valence-electron chi connectivity index (χ4n) is 5.35. The van der Waals surface area contributed by atoms with Gasteiger partial charge in [-0.25, -0.2) is 0 Å². The van der Waals surface area contributed by atoms with E-state index in [4.69, 9.17) is 4.99 Å². The lowest BCUT2D eigenvalue weighted by Crippen LogP contribution is -2.43. The average Bonchev–Trinajstić information content (AvgIpc) is 2.59. The second-order valence-electron chi connectivity index (χ2n) is 8.64. The van der Waals surface area contributed by atoms with Crippen LogP contribution in [-0.2, 0) is 0 Å². The number of halogens is 1. The molecule has 2 aliphatic carbocycles. The van der Waals surface area contributed by atoms with Crippen molar-refractivity contribution in [2.45, 2.75) is 94.7 Å². The molecule has 0 amide bonds. The third-order valence-corrected chi connectivity index (χ3v) is 8.39. The molecule has 7 atom stereocenters. The number of hydrogen-bond acceptors (Lipinski definition) is 3. The Hall–Kier alpha value is 0.0700. The lowest BCUT2D eigenvalue weighted by Gasteiger charge is -2.42. The third kappa shape index (κ3) is 4.07. The summed E-state index contributed by atoms with van der Waals surface area (Å²) in [5, 5.41) is 20.7. The molecule has 138 valence electrons. The van der Waals surface area contributed by atoms with Crippen LogP contribution >= 0.6 is 15.9 Å². The molecule has 3 rings (SSSR count). The van der Waals surface area contributed by atoms with Gasteiger partial charge in [0.25, 0.3) is 0 Å². The minimum absolute atomic E-state index is 0.147. The van der Waals surface area contributed by atoms with Crippen LogP contribution in [0.1, 0.15) is 71.6 Å². The first-order valence-electron chi connectivity index (χ1n) is 10.0. The number of aliphatic hydroxyl groups is 2. The van der Waals surface area contributed by atoms with Gasteiger partial charge in [0.05, 0.1) is 18.2 Å². The zero-order valence-electron chi connectivity index (χ0n) is 15.2. The maximum absolute atomic E-state index is 10.5. The van der Waals surface area contributed by atoms with Crippen molar-refractivity contribution in [1.29, 1.82) is 0 Å². The topological polar surface area (TPSA) is 52.8 Å². The quantitative estimate of drug-likeness (QED) is 0.693. The molecule has 0 aromatic carbocycles. The zero-order chi connectivity index (χ0) is 17.3. The summed E-state index contributed by atoms with van der Waals surface area (Å²) in [6, 6.07) is 0.147. The van der Waals surface area contributed by atoms with Crippen LogP contribution in [0.3, 0.4) is 0 Å². The molecule has 0 aromatic heterocycles. The van der Waals surface area contributed by atoms with E-state index < -0.39 is 0 Å². The van der Waals surface area contributed by atoms with Crippen LogP contribution in [0.25, 0.3) is 0 Å². The van der Waals surface area contributed by atoms with E-state index in [1.54, 1.807) is 0 Å². The van der Waals surface area contributed by atoms with E-state index in [-0.39, 0.29) is 23.1 Å².